The quantitative estimate of drug-likeness (QED) is 0.336. The van der Waals surface area contributed by atoms with Crippen LogP contribution in [0.15, 0.2) is 63.1 Å². The van der Waals surface area contributed by atoms with Crippen LogP contribution in [0.3, 0.4) is 0 Å². The minimum atomic E-state index is -0.874. The van der Waals surface area contributed by atoms with Gasteiger partial charge in [0.2, 0.25) is 0 Å². The van der Waals surface area contributed by atoms with Crippen molar-refractivity contribution in [3.63, 3.8) is 0 Å². The highest BCUT2D eigenvalue weighted by Crippen LogP contribution is 2.41. The highest BCUT2D eigenvalue weighted by Gasteiger charge is 2.47. The van der Waals surface area contributed by atoms with Crippen LogP contribution in [0.4, 0.5) is 0 Å². The molecule has 32 heavy (non-hydrogen) atoms. The molecule has 7 nitrogen and oxygen atoms in total. The number of likely N-dealkylation sites (tertiary alicyclic amines) is 1. The van der Waals surface area contributed by atoms with Gasteiger partial charge >= 0.3 is 0 Å². The number of hydrogen-bond donors (Lipinski definition) is 1. The number of nitrogens with zero attached hydrogens (tertiary/aromatic N) is 1. The van der Waals surface area contributed by atoms with Gasteiger partial charge in [-0.2, -0.15) is 0 Å². The molecule has 3 heterocycles. The lowest BCUT2D eigenvalue weighted by Gasteiger charge is -2.22. The topological polar surface area (TPSA) is 93.1 Å². The van der Waals surface area contributed by atoms with Crippen molar-refractivity contribution >= 4 is 17.4 Å². The van der Waals surface area contributed by atoms with Crippen molar-refractivity contribution in [3.8, 4) is 5.75 Å². The molecule has 3 aromatic rings. The molecule has 166 valence electrons. The van der Waals surface area contributed by atoms with Crippen LogP contribution in [0, 0.1) is 13.8 Å². The molecule has 0 aliphatic carbocycles. The van der Waals surface area contributed by atoms with E-state index < -0.39 is 17.7 Å². The van der Waals surface area contributed by atoms with Crippen LogP contribution in [0.2, 0.25) is 0 Å². The number of aliphatic hydroxyl groups is 1. The van der Waals surface area contributed by atoms with E-state index in [1.54, 1.807) is 49.4 Å². The van der Waals surface area contributed by atoms with Gasteiger partial charge in [-0.1, -0.05) is 0 Å². The van der Waals surface area contributed by atoms with Crippen LogP contribution in [-0.2, 0) is 16.1 Å². The standard InChI is InChI=1S/C25H25NO6/c1-14(2)31-19-10-8-17(12-15(19)3)23(27)21-22(20-9-7-16(4)32-20)26(25(29)24(21)28)13-18-6-5-11-30-18/h5-12,14,22,27H,13H2,1-4H3/b23-21-. The van der Waals surface area contributed by atoms with Crippen molar-refractivity contribution in [2.45, 2.75) is 46.4 Å². The summed E-state index contributed by atoms with van der Waals surface area (Å²) in [7, 11) is 0. The minimum Gasteiger partial charge on any atom is -0.507 e. The number of Topliss-reactive ketones (excluding diaryl/α,β-unsaturated/α-hetero) is 1. The van der Waals surface area contributed by atoms with Crippen LogP contribution < -0.4 is 4.74 Å². The van der Waals surface area contributed by atoms with Crippen LogP contribution in [-0.4, -0.2) is 27.8 Å². The zero-order valence-electron chi connectivity index (χ0n) is 18.4. The molecule has 0 bridgehead atoms. The number of amides is 1. The summed E-state index contributed by atoms with van der Waals surface area (Å²) in [5, 5.41) is 11.2. The summed E-state index contributed by atoms with van der Waals surface area (Å²) in [4.78, 5) is 27.3. The van der Waals surface area contributed by atoms with E-state index in [0.717, 1.165) is 5.56 Å². The zero-order chi connectivity index (χ0) is 23.0. The van der Waals surface area contributed by atoms with Crippen molar-refractivity contribution in [2.75, 3.05) is 0 Å². The first-order valence-corrected chi connectivity index (χ1v) is 10.4. The predicted octanol–water partition coefficient (Wildman–Crippen LogP) is 4.90. The molecule has 1 saturated heterocycles. The molecule has 1 amide bonds. The van der Waals surface area contributed by atoms with Gasteiger partial charge in [-0.25, -0.2) is 0 Å². The highest BCUT2D eigenvalue weighted by atomic mass is 16.5. The maximum Gasteiger partial charge on any atom is 0.296 e. The van der Waals surface area contributed by atoms with Crippen molar-refractivity contribution in [2.24, 2.45) is 0 Å². The third-order valence-corrected chi connectivity index (χ3v) is 5.29. The van der Waals surface area contributed by atoms with E-state index in [1.807, 2.05) is 20.8 Å². The predicted molar refractivity (Wildman–Crippen MR) is 117 cm³/mol. The summed E-state index contributed by atoms with van der Waals surface area (Å²) in [6.45, 7) is 7.56. The molecule has 1 aromatic carbocycles. The molecular weight excluding hydrogens is 410 g/mol. The SMILES string of the molecule is Cc1ccc(C2/C(=C(/O)c3ccc(OC(C)C)c(C)c3)C(=O)C(=O)N2Cc2ccco2)o1. The third-order valence-electron chi connectivity index (χ3n) is 5.29. The third kappa shape index (κ3) is 3.93. The fourth-order valence-corrected chi connectivity index (χ4v) is 3.85. The zero-order valence-corrected chi connectivity index (χ0v) is 18.4. The highest BCUT2D eigenvalue weighted by molar-refractivity contribution is 6.46. The van der Waals surface area contributed by atoms with Gasteiger partial charge in [-0.3, -0.25) is 9.59 Å². The lowest BCUT2D eigenvalue weighted by atomic mass is 9.98. The smallest absolute Gasteiger partial charge is 0.296 e. The summed E-state index contributed by atoms with van der Waals surface area (Å²) in [6.07, 6.45) is 1.50. The molecular formula is C25H25NO6. The van der Waals surface area contributed by atoms with Gasteiger partial charge < -0.3 is 23.6 Å². The molecule has 1 atom stereocenters. The molecule has 1 aliphatic heterocycles. The first-order valence-electron chi connectivity index (χ1n) is 10.4. The number of ether oxygens (including phenoxy) is 1. The Kier molecular flexibility index (Phi) is 5.65. The Balaban J connectivity index is 1.81. The van der Waals surface area contributed by atoms with Gasteiger partial charge in [-0.05, 0) is 75.7 Å². The van der Waals surface area contributed by atoms with Crippen molar-refractivity contribution < 1.29 is 28.3 Å². The molecule has 0 saturated carbocycles. The van der Waals surface area contributed by atoms with Crippen LogP contribution in [0.5, 0.6) is 5.75 Å². The molecule has 1 N–H and O–H groups in total. The molecule has 1 aliphatic rings. The van der Waals surface area contributed by atoms with E-state index in [1.165, 1.54) is 11.2 Å². The number of aryl methyl sites for hydroxylation is 2. The fourth-order valence-electron chi connectivity index (χ4n) is 3.85. The number of benzene rings is 1. The molecule has 7 heteroatoms. The van der Waals surface area contributed by atoms with Gasteiger partial charge in [0, 0.05) is 5.56 Å². The van der Waals surface area contributed by atoms with Gasteiger partial charge in [-0.15, -0.1) is 0 Å². The summed E-state index contributed by atoms with van der Waals surface area (Å²) < 4.78 is 16.9. The summed E-state index contributed by atoms with van der Waals surface area (Å²) in [6, 6.07) is 11.2. The number of hydrogen-bond acceptors (Lipinski definition) is 6. The van der Waals surface area contributed by atoms with E-state index in [2.05, 4.69) is 0 Å². The second kappa shape index (κ2) is 8.42. The average molecular weight is 435 g/mol. The summed E-state index contributed by atoms with van der Waals surface area (Å²) in [5.41, 5.74) is 1.20. The Bertz CT molecular complexity index is 1190. The number of carbonyl (C=O) groups is 2. The Morgan fingerprint density at radius 1 is 1.16 bits per heavy atom. The fraction of sp³-hybridized carbons (Fsp3) is 0.280. The summed E-state index contributed by atoms with van der Waals surface area (Å²) in [5.74, 6) is 0.482. The monoisotopic (exact) mass is 435 g/mol. The lowest BCUT2D eigenvalue weighted by Crippen LogP contribution is -2.28. The van der Waals surface area contributed by atoms with Crippen molar-refractivity contribution in [1.29, 1.82) is 0 Å². The maximum atomic E-state index is 13.0. The Morgan fingerprint density at radius 3 is 2.53 bits per heavy atom. The van der Waals surface area contributed by atoms with Crippen molar-refractivity contribution in [3.05, 3.63) is 82.7 Å². The molecule has 2 aromatic heterocycles. The minimum absolute atomic E-state index is 0.00210. The Morgan fingerprint density at radius 2 is 1.94 bits per heavy atom. The molecule has 1 fully saturated rings. The Hall–Kier alpha value is -3.74. The van der Waals surface area contributed by atoms with Crippen LogP contribution >= 0.6 is 0 Å². The first-order chi connectivity index (χ1) is 15.3. The van der Waals surface area contributed by atoms with Crippen molar-refractivity contribution in [1.82, 2.24) is 4.90 Å². The second-order valence-electron chi connectivity index (χ2n) is 8.10. The largest absolute Gasteiger partial charge is 0.507 e. The molecule has 0 radical (unpaired) electrons. The number of carbonyl (C=O) groups excluding carboxylic acids is 2. The van der Waals surface area contributed by atoms with Gasteiger partial charge in [0.25, 0.3) is 11.7 Å². The Labute approximate surface area is 185 Å². The molecule has 0 spiro atoms. The van der Waals surface area contributed by atoms with Gasteiger partial charge in [0.1, 0.15) is 34.8 Å². The van der Waals surface area contributed by atoms with Crippen LogP contribution in [0.25, 0.3) is 5.76 Å². The van der Waals surface area contributed by atoms with Gasteiger partial charge in [0.05, 0.1) is 24.5 Å². The van der Waals surface area contributed by atoms with E-state index in [9.17, 15) is 14.7 Å². The van der Waals surface area contributed by atoms with E-state index >= 15 is 0 Å². The summed E-state index contributed by atoms with van der Waals surface area (Å²) >= 11 is 0. The maximum absolute atomic E-state index is 13.0. The van der Waals surface area contributed by atoms with E-state index in [0.29, 0.717) is 28.6 Å². The first kappa shape index (κ1) is 21.5. The lowest BCUT2D eigenvalue weighted by molar-refractivity contribution is -0.140. The number of rotatable bonds is 6. The normalized spacial score (nSPS) is 18.0. The van der Waals surface area contributed by atoms with E-state index in [-0.39, 0.29) is 24.0 Å². The van der Waals surface area contributed by atoms with Crippen LogP contribution in [0.1, 0.15) is 48.3 Å². The average Bonchev–Trinajstić information content (AvgIpc) is 3.46. The molecule has 4 rings (SSSR count). The number of ketones is 1. The number of furan rings is 2. The van der Waals surface area contributed by atoms with E-state index in [4.69, 9.17) is 13.6 Å². The second-order valence-corrected chi connectivity index (χ2v) is 8.10. The number of aliphatic hydroxyl groups excluding tert-OH is 1. The molecule has 1 unspecified atom stereocenters. The van der Waals surface area contributed by atoms with Gasteiger partial charge in [0.15, 0.2) is 0 Å².